The lowest BCUT2D eigenvalue weighted by atomic mass is 10.3. The molecule has 1 aromatic heterocycles. The van der Waals surface area contributed by atoms with Gasteiger partial charge in [0.1, 0.15) is 0 Å². The highest BCUT2D eigenvalue weighted by Gasteiger charge is 2.06. The first-order valence-corrected chi connectivity index (χ1v) is 7.54. The first kappa shape index (κ1) is 15.5. The molecule has 0 saturated heterocycles. The number of anilines is 1. The molecule has 0 bridgehead atoms. The molecule has 0 unspecified atom stereocenters. The second kappa shape index (κ2) is 7.21. The fourth-order valence-electron chi connectivity index (χ4n) is 1.89. The van der Waals surface area contributed by atoms with Crippen molar-refractivity contribution in [1.29, 1.82) is 0 Å². The summed E-state index contributed by atoms with van der Waals surface area (Å²) in [7, 11) is 0. The van der Waals surface area contributed by atoms with Crippen LogP contribution in [-0.2, 0) is 6.42 Å². The van der Waals surface area contributed by atoms with E-state index in [1.807, 2.05) is 24.3 Å². The minimum Gasteiger partial charge on any atom is -0.279 e. The predicted octanol–water partition coefficient (Wildman–Crippen LogP) is 3.61. The standard InChI is InChI=1S/C15H12Cl2N6/c16-11-1-5-13(6-2-11)19-18-10-9-15-20-21-22-23(15)14-7-3-12(17)4-8-14/h1-8,10,19H,9H2/b18-10-. The zero-order chi connectivity index (χ0) is 16.1. The molecule has 8 heteroatoms. The van der Waals surface area contributed by atoms with Gasteiger partial charge in [-0.2, -0.15) is 9.78 Å². The maximum atomic E-state index is 5.88. The Labute approximate surface area is 142 Å². The second-order valence-electron chi connectivity index (χ2n) is 4.62. The summed E-state index contributed by atoms with van der Waals surface area (Å²) in [5.74, 6) is 0.675. The summed E-state index contributed by atoms with van der Waals surface area (Å²) in [6.07, 6.45) is 2.18. The van der Waals surface area contributed by atoms with Gasteiger partial charge in [0.15, 0.2) is 5.82 Å². The quantitative estimate of drug-likeness (QED) is 0.566. The van der Waals surface area contributed by atoms with Gasteiger partial charge >= 0.3 is 0 Å². The largest absolute Gasteiger partial charge is 0.279 e. The van der Waals surface area contributed by atoms with Gasteiger partial charge in [0.25, 0.3) is 0 Å². The van der Waals surface area contributed by atoms with Crippen LogP contribution in [0.4, 0.5) is 5.69 Å². The summed E-state index contributed by atoms with van der Waals surface area (Å²) in [5, 5.41) is 17.2. The van der Waals surface area contributed by atoms with E-state index in [1.165, 1.54) is 0 Å². The van der Waals surface area contributed by atoms with Crippen molar-refractivity contribution in [3.63, 3.8) is 0 Å². The Morgan fingerprint density at radius 3 is 2.35 bits per heavy atom. The maximum absolute atomic E-state index is 5.88. The number of benzene rings is 2. The first-order valence-electron chi connectivity index (χ1n) is 6.79. The molecule has 0 spiro atoms. The third-order valence-electron chi connectivity index (χ3n) is 3.01. The van der Waals surface area contributed by atoms with Crippen LogP contribution in [0.2, 0.25) is 10.0 Å². The zero-order valence-corrected chi connectivity index (χ0v) is 13.4. The summed E-state index contributed by atoms with van der Waals surface area (Å²) in [6, 6.07) is 14.6. The van der Waals surface area contributed by atoms with Crippen LogP contribution in [0, 0.1) is 0 Å². The summed E-state index contributed by atoms with van der Waals surface area (Å²) >= 11 is 11.7. The SMILES string of the molecule is Clc1ccc(N/N=C\Cc2nnnn2-c2ccc(Cl)cc2)cc1. The number of hydrazone groups is 1. The van der Waals surface area contributed by atoms with Gasteiger partial charge in [0.2, 0.25) is 0 Å². The molecule has 0 aliphatic heterocycles. The Hall–Kier alpha value is -2.44. The molecule has 3 aromatic rings. The molecule has 2 aromatic carbocycles. The van der Waals surface area contributed by atoms with Crippen LogP contribution in [0.1, 0.15) is 5.82 Å². The molecular formula is C15H12Cl2N6. The van der Waals surface area contributed by atoms with Gasteiger partial charge in [-0.3, -0.25) is 5.43 Å². The normalized spacial score (nSPS) is 11.0. The van der Waals surface area contributed by atoms with Crippen molar-refractivity contribution >= 4 is 35.1 Å². The third-order valence-corrected chi connectivity index (χ3v) is 3.51. The summed E-state index contributed by atoms with van der Waals surface area (Å²) in [4.78, 5) is 0. The molecule has 0 aliphatic carbocycles. The number of tetrazole rings is 1. The minimum atomic E-state index is 0.482. The number of nitrogens with zero attached hydrogens (tertiary/aromatic N) is 5. The molecule has 0 aliphatic rings. The number of aromatic nitrogens is 4. The van der Waals surface area contributed by atoms with Gasteiger partial charge in [-0.1, -0.05) is 23.2 Å². The summed E-state index contributed by atoms with van der Waals surface area (Å²) in [6.45, 7) is 0. The smallest absolute Gasteiger partial charge is 0.162 e. The fourth-order valence-corrected chi connectivity index (χ4v) is 2.14. The van der Waals surface area contributed by atoms with Gasteiger partial charge in [-0.05, 0) is 59.0 Å². The van der Waals surface area contributed by atoms with E-state index >= 15 is 0 Å². The Morgan fingerprint density at radius 1 is 1.00 bits per heavy atom. The molecule has 0 amide bonds. The van der Waals surface area contributed by atoms with Crippen molar-refractivity contribution in [3.8, 4) is 5.69 Å². The second-order valence-corrected chi connectivity index (χ2v) is 5.49. The average Bonchev–Trinajstić information content (AvgIpc) is 3.02. The van der Waals surface area contributed by atoms with E-state index in [0.29, 0.717) is 22.3 Å². The monoisotopic (exact) mass is 346 g/mol. The number of hydrogen-bond acceptors (Lipinski definition) is 5. The van der Waals surface area contributed by atoms with Crippen molar-refractivity contribution < 1.29 is 0 Å². The molecule has 1 N–H and O–H groups in total. The molecular weight excluding hydrogens is 335 g/mol. The van der Waals surface area contributed by atoms with Crippen molar-refractivity contribution in [2.75, 3.05) is 5.43 Å². The molecule has 3 rings (SSSR count). The summed E-state index contributed by atoms with van der Waals surface area (Å²) in [5.41, 5.74) is 4.61. The van der Waals surface area contributed by atoms with Crippen LogP contribution >= 0.6 is 23.2 Å². The Kier molecular flexibility index (Phi) is 4.85. The molecule has 6 nitrogen and oxygen atoms in total. The molecule has 116 valence electrons. The Morgan fingerprint density at radius 2 is 1.65 bits per heavy atom. The van der Waals surface area contributed by atoms with Crippen LogP contribution in [0.25, 0.3) is 5.69 Å². The van der Waals surface area contributed by atoms with Crippen molar-refractivity contribution in [3.05, 3.63) is 64.4 Å². The Balaban J connectivity index is 1.65. The number of rotatable bonds is 5. The lowest BCUT2D eigenvalue weighted by Crippen LogP contribution is -2.04. The van der Waals surface area contributed by atoms with Crippen LogP contribution in [0.15, 0.2) is 53.6 Å². The van der Waals surface area contributed by atoms with Gasteiger partial charge in [0.05, 0.1) is 11.4 Å². The minimum absolute atomic E-state index is 0.482. The number of halogens is 2. The molecule has 0 atom stereocenters. The maximum Gasteiger partial charge on any atom is 0.162 e. The van der Waals surface area contributed by atoms with E-state index in [4.69, 9.17) is 23.2 Å². The lowest BCUT2D eigenvalue weighted by molar-refractivity contribution is 0.776. The van der Waals surface area contributed by atoms with Crippen LogP contribution in [0.3, 0.4) is 0 Å². The molecule has 1 heterocycles. The highest BCUT2D eigenvalue weighted by Crippen LogP contribution is 2.14. The van der Waals surface area contributed by atoms with Gasteiger partial charge in [-0.25, -0.2) is 0 Å². The van der Waals surface area contributed by atoms with Crippen LogP contribution < -0.4 is 5.43 Å². The van der Waals surface area contributed by atoms with Crippen molar-refractivity contribution in [1.82, 2.24) is 20.2 Å². The number of nitrogens with one attached hydrogen (secondary N) is 1. The molecule has 0 saturated carbocycles. The van der Waals surface area contributed by atoms with Crippen molar-refractivity contribution in [2.45, 2.75) is 6.42 Å². The Bertz CT molecular complexity index is 796. The van der Waals surface area contributed by atoms with E-state index in [0.717, 1.165) is 11.4 Å². The zero-order valence-electron chi connectivity index (χ0n) is 11.9. The molecule has 0 fully saturated rings. The van der Waals surface area contributed by atoms with Crippen LogP contribution in [-0.4, -0.2) is 26.4 Å². The topological polar surface area (TPSA) is 68.0 Å². The van der Waals surface area contributed by atoms with E-state index in [1.54, 1.807) is 35.2 Å². The van der Waals surface area contributed by atoms with E-state index in [-0.39, 0.29) is 0 Å². The summed E-state index contributed by atoms with van der Waals surface area (Å²) < 4.78 is 1.64. The van der Waals surface area contributed by atoms with Gasteiger partial charge in [0, 0.05) is 22.7 Å². The van der Waals surface area contributed by atoms with E-state index in [9.17, 15) is 0 Å². The van der Waals surface area contributed by atoms with E-state index < -0.39 is 0 Å². The fraction of sp³-hybridized carbons (Fsp3) is 0.0667. The third kappa shape index (κ3) is 4.06. The first-order chi connectivity index (χ1) is 11.2. The molecule has 23 heavy (non-hydrogen) atoms. The van der Waals surface area contributed by atoms with E-state index in [2.05, 4.69) is 26.1 Å². The van der Waals surface area contributed by atoms with Crippen molar-refractivity contribution in [2.24, 2.45) is 5.10 Å². The average molecular weight is 347 g/mol. The lowest BCUT2D eigenvalue weighted by Gasteiger charge is -2.03. The predicted molar refractivity (Wildman–Crippen MR) is 91.4 cm³/mol. The van der Waals surface area contributed by atoms with Gasteiger partial charge < -0.3 is 0 Å². The number of hydrogen-bond donors (Lipinski definition) is 1. The van der Waals surface area contributed by atoms with Gasteiger partial charge in [-0.15, -0.1) is 5.10 Å². The van der Waals surface area contributed by atoms with Crippen LogP contribution in [0.5, 0.6) is 0 Å². The highest BCUT2D eigenvalue weighted by atomic mass is 35.5. The highest BCUT2D eigenvalue weighted by molar-refractivity contribution is 6.30. The molecule has 0 radical (unpaired) electrons.